The van der Waals surface area contributed by atoms with Gasteiger partial charge in [0.2, 0.25) is 0 Å². The Bertz CT molecular complexity index is 715. The molecule has 5 nitrogen and oxygen atoms in total. The Morgan fingerprint density at radius 1 is 1.17 bits per heavy atom. The maximum absolute atomic E-state index is 11.2. The third-order valence-electron chi connectivity index (χ3n) is 2.96. The number of carboxylic acid groups (broad SMARTS) is 1. The molecule has 0 saturated carbocycles. The zero-order valence-electron chi connectivity index (χ0n) is 12.6. The molecule has 0 saturated heterocycles. The summed E-state index contributed by atoms with van der Waals surface area (Å²) < 4.78 is 6.12. The molecule has 24 heavy (non-hydrogen) atoms. The van der Waals surface area contributed by atoms with Crippen LogP contribution < -0.4 is 45.1 Å². The third kappa shape index (κ3) is 6.13. The van der Waals surface area contributed by atoms with Crippen LogP contribution in [0.3, 0.4) is 0 Å². The molecule has 0 radical (unpaired) electrons. The molecule has 0 spiro atoms. The van der Waals surface area contributed by atoms with E-state index in [4.69, 9.17) is 15.6 Å². The smallest absolute Gasteiger partial charge is 0.872 e. The first-order valence-corrected chi connectivity index (χ1v) is 9.57. The summed E-state index contributed by atoms with van der Waals surface area (Å²) in [4.78, 5) is 11.2. The minimum atomic E-state index is -1.36. The number of hydrogen-bond donors (Lipinski definition) is 2. The first kappa shape index (κ1) is 22.7. The van der Waals surface area contributed by atoms with Crippen molar-refractivity contribution >= 4 is 73.7 Å². The summed E-state index contributed by atoms with van der Waals surface area (Å²) in [5, 5.41) is 20.3. The van der Waals surface area contributed by atoms with Crippen LogP contribution in [0.5, 0.6) is 17.2 Å². The van der Waals surface area contributed by atoms with Crippen LogP contribution in [-0.2, 0) is 11.2 Å². The molecule has 0 heterocycles. The van der Waals surface area contributed by atoms with Gasteiger partial charge in [-0.3, -0.25) is 0 Å². The number of rotatable bonds is 5. The summed E-state index contributed by atoms with van der Waals surface area (Å²) in [6.45, 7) is 0. The van der Waals surface area contributed by atoms with E-state index in [0.29, 0.717) is 11.5 Å². The second-order valence-corrected chi connectivity index (χ2v) is 9.03. The number of aliphatic carboxylic acids is 1. The van der Waals surface area contributed by atoms with E-state index in [-0.39, 0.29) is 41.7 Å². The summed E-state index contributed by atoms with van der Waals surface area (Å²) >= 11 is 6.02. The second-order valence-electron chi connectivity index (χ2n) is 4.78. The van der Waals surface area contributed by atoms with Crippen LogP contribution in [0.25, 0.3) is 0 Å². The fourth-order valence-electron chi connectivity index (χ4n) is 1.78. The predicted molar refractivity (Wildman–Crippen MR) is 110 cm³/mol. The van der Waals surface area contributed by atoms with Crippen molar-refractivity contribution in [2.45, 2.75) is 9.97 Å². The molecule has 9 heteroatoms. The normalized spacial score (nSPS) is 12.8. The van der Waals surface area contributed by atoms with E-state index in [2.05, 4.69) is 45.2 Å². The Hall–Kier alpha value is 0.660. The van der Waals surface area contributed by atoms with Crippen molar-refractivity contribution in [3.63, 3.8) is 0 Å². The summed E-state index contributed by atoms with van der Waals surface area (Å²) in [6, 6.07) is 9.72. The van der Waals surface area contributed by atoms with Gasteiger partial charge in [0.05, 0.1) is 0 Å². The van der Waals surface area contributed by atoms with Gasteiger partial charge in [-0.25, -0.2) is 4.79 Å². The summed E-state index contributed by atoms with van der Waals surface area (Å²) in [5.74, 6) is 0.0544. The van der Waals surface area contributed by atoms with Crippen molar-refractivity contribution in [3.8, 4) is 17.2 Å². The molecular formula is C15H11I3NNaO4. The first-order valence-electron chi connectivity index (χ1n) is 6.33. The standard InChI is InChI=1S/C15H12I3NO4.Na/c16-12-5-10(23-9-3-1-8(20)2-4-9)6-13(17)11(12)7-15(18,19)14(21)22;/h1-6,20H,7,19H2,(H,21,22);/q;+1/p-1/t15-;/m0./s1. The molecule has 122 valence electrons. The number of carbonyl (C=O) groups is 1. The van der Waals surface area contributed by atoms with E-state index < -0.39 is 9.51 Å². The number of ether oxygens (including phenoxy) is 1. The molecule has 0 aliphatic heterocycles. The van der Waals surface area contributed by atoms with E-state index >= 15 is 0 Å². The fourth-order valence-corrected chi connectivity index (χ4v) is 4.26. The average molecular weight is 673 g/mol. The van der Waals surface area contributed by atoms with Gasteiger partial charge in [-0.2, -0.15) is 0 Å². The zero-order chi connectivity index (χ0) is 17.2. The van der Waals surface area contributed by atoms with Gasteiger partial charge in [0, 0.05) is 13.6 Å². The number of carboxylic acids is 1. The number of nitrogens with two attached hydrogens (primary N) is 1. The fraction of sp³-hybridized carbons (Fsp3) is 0.133. The summed E-state index contributed by atoms with van der Waals surface area (Å²) in [5.41, 5.74) is 6.69. The SMILES string of the molecule is N[C@@](I)(Cc1c(I)cc(Oc2ccc([O-])cc2)cc1I)C(=O)O.[Na+]. The van der Waals surface area contributed by atoms with Crippen LogP contribution in [0.4, 0.5) is 0 Å². The Labute approximate surface area is 202 Å². The van der Waals surface area contributed by atoms with E-state index in [1.165, 1.54) is 12.1 Å². The van der Waals surface area contributed by atoms with E-state index in [0.717, 1.165) is 12.7 Å². The van der Waals surface area contributed by atoms with Crippen molar-refractivity contribution in [2.75, 3.05) is 0 Å². The minimum absolute atomic E-state index is 0. The van der Waals surface area contributed by atoms with Crippen molar-refractivity contribution in [3.05, 3.63) is 49.1 Å². The van der Waals surface area contributed by atoms with E-state index in [9.17, 15) is 9.90 Å². The molecule has 0 fully saturated rings. The molecule has 0 aromatic heterocycles. The molecule has 3 N–H and O–H groups in total. The number of halogens is 3. The van der Waals surface area contributed by atoms with Gasteiger partial charge in [-0.05, 0) is 97.6 Å². The van der Waals surface area contributed by atoms with Crippen molar-refractivity contribution in [2.24, 2.45) is 5.73 Å². The van der Waals surface area contributed by atoms with Crippen LogP contribution in [0.15, 0.2) is 36.4 Å². The quantitative estimate of drug-likeness (QED) is 0.209. The molecule has 2 rings (SSSR count). The van der Waals surface area contributed by atoms with Crippen LogP contribution in [0.1, 0.15) is 5.56 Å². The van der Waals surface area contributed by atoms with Crippen LogP contribution in [0.2, 0.25) is 0 Å². The average Bonchev–Trinajstić information content (AvgIpc) is 2.45. The van der Waals surface area contributed by atoms with Gasteiger partial charge in [0.25, 0.3) is 0 Å². The Balaban J connectivity index is 0.00000288. The molecular weight excluding hydrogens is 662 g/mol. The number of benzene rings is 2. The molecule has 1 atom stereocenters. The largest absolute Gasteiger partial charge is 1.00 e. The Morgan fingerprint density at radius 2 is 1.67 bits per heavy atom. The molecule has 0 aliphatic rings. The third-order valence-corrected chi connectivity index (χ3v) is 5.73. The number of alkyl halides is 1. The Kier molecular flexibility index (Phi) is 9.04. The maximum atomic E-state index is 11.2. The van der Waals surface area contributed by atoms with Crippen LogP contribution >= 0.6 is 67.8 Å². The molecule has 2 aromatic carbocycles. The monoisotopic (exact) mass is 673 g/mol. The zero-order valence-corrected chi connectivity index (χ0v) is 21.0. The summed E-state index contributed by atoms with van der Waals surface area (Å²) in [7, 11) is 0. The van der Waals surface area contributed by atoms with Gasteiger partial charge in [0.15, 0.2) is 3.55 Å². The van der Waals surface area contributed by atoms with Crippen LogP contribution in [-0.4, -0.2) is 14.6 Å². The van der Waals surface area contributed by atoms with Crippen LogP contribution in [0, 0.1) is 7.14 Å². The van der Waals surface area contributed by atoms with Crippen molar-refractivity contribution < 1.29 is 49.3 Å². The topological polar surface area (TPSA) is 95.6 Å². The minimum Gasteiger partial charge on any atom is -0.872 e. The second kappa shape index (κ2) is 9.55. The van der Waals surface area contributed by atoms with E-state index in [1.54, 1.807) is 34.7 Å². The van der Waals surface area contributed by atoms with Crippen molar-refractivity contribution in [1.82, 2.24) is 0 Å². The molecule has 2 aromatic rings. The Morgan fingerprint density at radius 3 is 2.12 bits per heavy atom. The molecule has 0 bridgehead atoms. The van der Waals surface area contributed by atoms with Gasteiger partial charge in [-0.1, -0.05) is 12.1 Å². The molecule has 0 aliphatic carbocycles. The molecule has 0 amide bonds. The van der Waals surface area contributed by atoms with Gasteiger partial charge in [0.1, 0.15) is 11.5 Å². The van der Waals surface area contributed by atoms with Crippen molar-refractivity contribution in [1.29, 1.82) is 0 Å². The molecule has 0 unspecified atom stereocenters. The maximum Gasteiger partial charge on any atom is 1.00 e. The van der Waals surface area contributed by atoms with Gasteiger partial charge in [-0.15, -0.1) is 5.75 Å². The predicted octanol–water partition coefficient (Wildman–Crippen LogP) is 0.483. The van der Waals surface area contributed by atoms with Gasteiger partial charge < -0.3 is 20.7 Å². The summed E-state index contributed by atoms with van der Waals surface area (Å²) in [6.07, 6.45) is 0.213. The first-order chi connectivity index (χ1) is 10.7. The number of hydrogen-bond acceptors (Lipinski definition) is 4. The van der Waals surface area contributed by atoms with E-state index in [1.807, 2.05) is 12.1 Å². The van der Waals surface area contributed by atoms with Gasteiger partial charge >= 0.3 is 35.5 Å².